The van der Waals surface area contributed by atoms with Gasteiger partial charge in [0.05, 0.1) is 11.4 Å². The first-order valence-corrected chi connectivity index (χ1v) is 5.79. The van der Waals surface area contributed by atoms with Crippen LogP contribution < -0.4 is 16.2 Å². The molecule has 8 heteroatoms. The first-order valence-electron chi connectivity index (χ1n) is 5.79. The molecule has 21 heavy (non-hydrogen) atoms. The van der Waals surface area contributed by atoms with E-state index in [2.05, 4.69) is 9.72 Å². The molecule has 0 saturated carbocycles. The predicted molar refractivity (Wildman–Crippen MR) is 71.6 cm³/mol. The zero-order valence-electron chi connectivity index (χ0n) is 10.9. The van der Waals surface area contributed by atoms with Crippen LogP contribution in [-0.2, 0) is 0 Å². The summed E-state index contributed by atoms with van der Waals surface area (Å²) in [5.41, 5.74) is 12.3. The second kappa shape index (κ2) is 5.04. The Morgan fingerprint density at radius 3 is 2.38 bits per heavy atom. The van der Waals surface area contributed by atoms with Crippen molar-refractivity contribution in [3.63, 3.8) is 0 Å². The zero-order valence-corrected chi connectivity index (χ0v) is 10.9. The minimum Gasteiger partial charge on any atom is -0.507 e. The summed E-state index contributed by atoms with van der Waals surface area (Å²) in [4.78, 5) is 4.00. The van der Waals surface area contributed by atoms with Gasteiger partial charge in [-0.05, 0) is 30.7 Å². The first-order chi connectivity index (χ1) is 9.67. The average molecular weight is 299 g/mol. The van der Waals surface area contributed by atoms with Gasteiger partial charge in [0.2, 0.25) is 0 Å². The lowest BCUT2D eigenvalue weighted by Crippen LogP contribution is -2.17. The third-order valence-electron chi connectivity index (χ3n) is 2.74. The molecule has 0 unspecified atom stereocenters. The van der Waals surface area contributed by atoms with Crippen molar-refractivity contribution in [2.75, 3.05) is 11.5 Å². The van der Waals surface area contributed by atoms with E-state index in [1.807, 2.05) is 0 Å². The molecule has 0 atom stereocenters. The number of aromatic hydroxyl groups is 1. The second-order valence-corrected chi connectivity index (χ2v) is 4.35. The molecular weight excluding hydrogens is 287 g/mol. The lowest BCUT2D eigenvalue weighted by atomic mass is 10.0. The van der Waals surface area contributed by atoms with Crippen molar-refractivity contribution < 1.29 is 23.0 Å². The molecule has 5 nitrogen and oxygen atoms in total. The van der Waals surface area contributed by atoms with E-state index >= 15 is 0 Å². The summed E-state index contributed by atoms with van der Waals surface area (Å²) in [6.45, 7) is 1.52. The van der Waals surface area contributed by atoms with E-state index in [4.69, 9.17) is 11.5 Å². The summed E-state index contributed by atoms with van der Waals surface area (Å²) in [7, 11) is 0. The molecule has 1 aromatic carbocycles. The molecule has 2 rings (SSSR count). The predicted octanol–water partition coefficient (Wildman–Crippen LogP) is 2.83. The van der Waals surface area contributed by atoms with Crippen LogP contribution in [0.1, 0.15) is 5.56 Å². The number of ether oxygens (including phenoxy) is 1. The number of alkyl halides is 3. The molecule has 0 radical (unpaired) electrons. The fourth-order valence-electron chi connectivity index (χ4n) is 1.89. The maximum Gasteiger partial charge on any atom is 0.573 e. The van der Waals surface area contributed by atoms with E-state index in [9.17, 15) is 18.3 Å². The van der Waals surface area contributed by atoms with Crippen molar-refractivity contribution in [2.45, 2.75) is 13.3 Å². The number of hydrogen-bond donors (Lipinski definition) is 3. The summed E-state index contributed by atoms with van der Waals surface area (Å²) < 4.78 is 40.3. The number of phenolic OH excluding ortho intramolecular Hbond substituents is 1. The minimum atomic E-state index is -4.83. The number of phenols is 1. The lowest BCUT2D eigenvalue weighted by molar-refractivity contribution is -0.274. The molecule has 0 fully saturated rings. The van der Waals surface area contributed by atoms with Gasteiger partial charge in [0.15, 0.2) is 0 Å². The fourth-order valence-corrected chi connectivity index (χ4v) is 1.89. The van der Waals surface area contributed by atoms with Crippen LogP contribution in [0, 0.1) is 6.92 Å². The molecule has 2 aromatic rings. The Morgan fingerprint density at radius 1 is 1.19 bits per heavy atom. The Balaban J connectivity index is 2.48. The number of halogens is 3. The van der Waals surface area contributed by atoms with Crippen LogP contribution in [-0.4, -0.2) is 16.5 Å². The number of benzene rings is 1. The molecule has 0 bridgehead atoms. The highest BCUT2D eigenvalue weighted by Gasteiger charge is 2.31. The van der Waals surface area contributed by atoms with Gasteiger partial charge in [-0.3, -0.25) is 0 Å². The lowest BCUT2D eigenvalue weighted by Gasteiger charge is -2.13. The van der Waals surface area contributed by atoms with E-state index in [1.165, 1.54) is 19.1 Å². The average Bonchev–Trinajstić information content (AvgIpc) is 2.30. The highest BCUT2D eigenvalue weighted by molar-refractivity contribution is 5.75. The van der Waals surface area contributed by atoms with E-state index in [-0.39, 0.29) is 17.1 Å². The summed E-state index contributed by atoms with van der Waals surface area (Å²) in [5, 5.41) is 9.92. The van der Waals surface area contributed by atoms with Gasteiger partial charge in [-0.25, -0.2) is 4.98 Å². The number of hydrogen-bond acceptors (Lipinski definition) is 5. The number of nitrogen functional groups attached to an aromatic ring is 2. The summed E-state index contributed by atoms with van der Waals surface area (Å²) >= 11 is 0. The van der Waals surface area contributed by atoms with Gasteiger partial charge in [-0.2, -0.15) is 0 Å². The topological polar surface area (TPSA) is 94.4 Å². The Kier molecular flexibility index (Phi) is 3.54. The largest absolute Gasteiger partial charge is 0.573 e. The van der Waals surface area contributed by atoms with Crippen molar-refractivity contribution >= 4 is 11.5 Å². The molecular formula is C13H12F3N3O2. The van der Waals surface area contributed by atoms with E-state index < -0.39 is 17.9 Å². The van der Waals surface area contributed by atoms with E-state index in [1.54, 1.807) is 0 Å². The highest BCUT2D eigenvalue weighted by atomic mass is 19.4. The van der Waals surface area contributed by atoms with Gasteiger partial charge in [-0.1, -0.05) is 0 Å². The van der Waals surface area contributed by atoms with Crippen LogP contribution in [0.3, 0.4) is 0 Å². The molecule has 0 saturated heterocycles. The smallest absolute Gasteiger partial charge is 0.507 e. The number of rotatable bonds is 2. The van der Waals surface area contributed by atoms with E-state index in [0.29, 0.717) is 11.3 Å². The number of pyridine rings is 1. The second-order valence-electron chi connectivity index (χ2n) is 4.35. The quantitative estimate of drug-likeness (QED) is 0.792. The summed E-state index contributed by atoms with van der Waals surface area (Å²) in [6, 6.07) is 5.02. The highest BCUT2D eigenvalue weighted by Crippen LogP contribution is 2.37. The minimum absolute atomic E-state index is 0.0712. The van der Waals surface area contributed by atoms with Crippen LogP contribution in [0.15, 0.2) is 24.3 Å². The van der Waals surface area contributed by atoms with Gasteiger partial charge in [-0.15, -0.1) is 13.2 Å². The molecule has 0 spiro atoms. The molecule has 0 aliphatic rings. The SMILES string of the molecule is Cc1cc(OC(F)(F)F)cc(O)c1-c1ccc(N)c(N)n1. The fraction of sp³-hybridized carbons (Fsp3) is 0.154. The van der Waals surface area contributed by atoms with Crippen molar-refractivity contribution in [1.29, 1.82) is 0 Å². The van der Waals surface area contributed by atoms with Crippen LogP contribution in [0.4, 0.5) is 24.7 Å². The monoisotopic (exact) mass is 299 g/mol. The Labute approximate surface area is 118 Å². The van der Waals surface area contributed by atoms with Gasteiger partial charge in [0.25, 0.3) is 0 Å². The summed E-state index contributed by atoms with van der Waals surface area (Å²) in [6.07, 6.45) is -4.83. The standard InChI is InChI=1S/C13H12F3N3O2/c1-6-4-7(21-13(14,15)16)5-10(20)11(6)9-3-2-8(17)12(18)19-9/h2-5,20H,17H2,1H3,(H2,18,19). The molecule has 5 N–H and O–H groups in total. The van der Waals surface area contributed by atoms with Gasteiger partial charge in [0, 0.05) is 11.6 Å². The molecule has 0 amide bonds. The van der Waals surface area contributed by atoms with Crippen molar-refractivity contribution in [1.82, 2.24) is 4.98 Å². The first kappa shape index (κ1) is 14.8. The number of aryl methyl sites for hydroxylation is 1. The number of aromatic nitrogens is 1. The van der Waals surface area contributed by atoms with Crippen LogP contribution in [0.2, 0.25) is 0 Å². The Morgan fingerprint density at radius 2 is 1.86 bits per heavy atom. The Bertz CT molecular complexity index is 664. The molecule has 1 aromatic heterocycles. The molecule has 0 aliphatic carbocycles. The normalized spacial score (nSPS) is 11.4. The van der Waals surface area contributed by atoms with E-state index in [0.717, 1.165) is 12.1 Å². The van der Waals surface area contributed by atoms with Crippen LogP contribution in [0.25, 0.3) is 11.3 Å². The van der Waals surface area contributed by atoms with Crippen LogP contribution in [0.5, 0.6) is 11.5 Å². The third-order valence-corrected chi connectivity index (χ3v) is 2.74. The van der Waals surface area contributed by atoms with Crippen molar-refractivity contribution in [3.8, 4) is 22.8 Å². The third kappa shape index (κ3) is 3.28. The van der Waals surface area contributed by atoms with Gasteiger partial charge < -0.3 is 21.3 Å². The number of nitrogens with two attached hydrogens (primary N) is 2. The molecule has 112 valence electrons. The maximum absolute atomic E-state index is 12.2. The van der Waals surface area contributed by atoms with Gasteiger partial charge in [0.1, 0.15) is 17.3 Å². The maximum atomic E-state index is 12.2. The number of anilines is 2. The number of nitrogens with zero attached hydrogens (tertiary/aromatic N) is 1. The van der Waals surface area contributed by atoms with Crippen molar-refractivity contribution in [2.24, 2.45) is 0 Å². The van der Waals surface area contributed by atoms with Crippen LogP contribution >= 0.6 is 0 Å². The Hall–Kier alpha value is -2.64. The zero-order chi connectivity index (χ0) is 15.8. The van der Waals surface area contributed by atoms with Crippen molar-refractivity contribution in [3.05, 3.63) is 29.8 Å². The molecule has 0 aliphatic heterocycles. The summed E-state index contributed by atoms with van der Waals surface area (Å²) in [5.74, 6) is -0.836. The van der Waals surface area contributed by atoms with Gasteiger partial charge >= 0.3 is 6.36 Å². The molecule has 1 heterocycles.